The molecular weight excluding hydrogens is 288 g/mol. The van der Waals surface area contributed by atoms with Crippen LogP contribution in [0.5, 0.6) is 11.6 Å². The van der Waals surface area contributed by atoms with Gasteiger partial charge in [0.2, 0.25) is 5.88 Å². The van der Waals surface area contributed by atoms with Gasteiger partial charge in [-0.05, 0) is 12.1 Å². The van der Waals surface area contributed by atoms with E-state index in [1.54, 1.807) is 13.8 Å². The van der Waals surface area contributed by atoms with Crippen LogP contribution in [0, 0.1) is 5.82 Å². The predicted octanol–water partition coefficient (Wildman–Crippen LogP) is 4.55. The van der Waals surface area contributed by atoms with Crippen molar-refractivity contribution in [3.05, 3.63) is 47.7 Å². The maximum Gasteiger partial charge on any atom is 0.433 e. The number of ether oxygens (including phenoxy) is 1. The predicted molar refractivity (Wildman–Crippen MR) is 67.6 cm³/mol. The molecule has 0 N–H and O–H groups in total. The van der Waals surface area contributed by atoms with Crippen LogP contribution in [0.25, 0.3) is 0 Å². The summed E-state index contributed by atoms with van der Waals surface area (Å²) in [4.78, 5) is 7.34. The normalized spacial score (nSPS) is 11.8. The topological polar surface area (TPSA) is 35.0 Å². The van der Waals surface area contributed by atoms with E-state index in [4.69, 9.17) is 4.74 Å². The van der Waals surface area contributed by atoms with E-state index in [2.05, 4.69) is 9.97 Å². The van der Waals surface area contributed by atoms with Gasteiger partial charge in [0, 0.05) is 12.0 Å². The molecule has 1 aromatic heterocycles. The van der Waals surface area contributed by atoms with Gasteiger partial charge in [0.1, 0.15) is 5.82 Å². The molecule has 0 radical (unpaired) electrons. The van der Waals surface area contributed by atoms with Crippen LogP contribution in [0.4, 0.5) is 17.6 Å². The fraction of sp³-hybridized carbons (Fsp3) is 0.286. The quantitative estimate of drug-likeness (QED) is 0.780. The zero-order chi connectivity index (χ0) is 15.6. The third-order valence-corrected chi connectivity index (χ3v) is 2.58. The lowest BCUT2D eigenvalue weighted by Crippen LogP contribution is -2.12. The van der Waals surface area contributed by atoms with Crippen molar-refractivity contribution in [1.82, 2.24) is 9.97 Å². The van der Waals surface area contributed by atoms with Gasteiger partial charge in [-0.3, -0.25) is 0 Å². The van der Waals surface area contributed by atoms with Crippen LogP contribution in [-0.4, -0.2) is 9.97 Å². The molecule has 0 saturated carbocycles. The van der Waals surface area contributed by atoms with Crippen LogP contribution in [-0.2, 0) is 6.18 Å². The van der Waals surface area contributed by atoms with Crippen molar-refractivity contribution < 1.29 is 22.3 Å². The Kier molecular flexibility index (Phi) is 4.11. The maximum atomic E-state index is 13.5. The number of para-hydroxylation sites is 1. The minimum Gasteiger partial charge on any atom is -0.436 e. The summed E-state index contributed by atoms with van der Waals surface area (Å²) in [5.41, 5.74) is -1.12. The monoisotopic (exact) mass is 300 g/mol. The van der Waals surface area contributed by atoms with Crippen molar-refractivity contribution in [3.8, 4) is 11.6 Å². The van der Waals surface area contributed by atoms with E-state index in [1.165, 1.54) is 18.2 Å². The number of alkyl halides is 3. The maximum absolute atomic E-state index is 13.5. The Morgan fingerprint density at radius 1 is 1.10 bits per heavy atom. The fourth-order valence-corrected chi connectivity index (χ4v) is 1.54. The number of benzene rings is 1. The Balaban J connectivity index is 2.44. The molecule has 0 aliphatic carbocycles. The zero-order valence-corrected chi connectivity index (χ0v) is 11.3. The third-order valence-electron chi connectivity index (χ3n) is 2.58. The number of nitrogens with zero attached hydrogens (tertiary/aromatic N) is 2. The van der Waals surface area contributed by atoms with E-state index < -0.39 is 17.7 Å². The summed E-state index contributed by atoms with van der Waals surface area (Å²) in [6.45, 7) is 3.31. The SMILES string of the molecule is CC(C)c1nc(Oc2ccccc2F)cc(C(F)(F)F)n1. The highest BCUT2D eigenvalue weighted by atomic mass is 19.4. The molecule has 1 aromatic carbocycles. The molecule has 21 heavy (non-hydrogen) atoms. The first-order valence-corrected chi connectivity index (χ1v) is 6.16. The molecule has 0 atom stereocenters. The van der Waals surface area contributed by atoms with Crippen molar-refractivity contribution in [2.75, 3.05) is 0 Å². The molecule has 0 saturated heterocycles. The highest BCUT2D eigenvalue weighted by Crippen LogP contribution is 2.32. The van der Waals surface area contributed by atoms with Crippen LogP contribution < -0.4 is 4.74 Å². The van der Waals surface area contributed by atoms with Crippen molar-refractivity contribution in [3.63, 3.8) is 0 Å². The molecule has 0 bridgehead atoms. The fourth-order valence-electron chi connectivity index (χ4n) is 1.54. The lowest BCUT2D eigenvalue weighted by molar-refractivity contribution is -0.141. The van der Waals surface area contributed by atoms with Crippen molar-refractivity contribution in [2.24, 2.45) is 0 Å². The Labute approximate surface area is 118 Å². The molecule has 0 spiro atoms. The van der Waals surface area contributed by atoms with E-state index in [0.717, 1.165) is 6.07 Å². The van der Waals surface area contributed by atoms with Gasteiger partial charge in [0.25, 0.3) is 0 Å². The number of halogens is 4. The molecule has 7 heteroatoms. The summed E-state index contributed by atoms with van der Waals surface area (Å²) in [5, 5.41) is 0. The third kappa shape index (κ3) is 3.68. The highest BCUT2D eigenvalue weighted by molar-refractivity contribution is 5.30. The van der Waals surface area contributed by atoms with Gasteiger partial charge in [-0.1, -0.05) is 26.0 Å². The van der Waals surface area contributed by atoms with Gasteiger partial charge in [0.15, 0.2) is 17.3 Å². The average molecular weight is 300 g/mol. The Bertz CT molecular complexity index is 641. The summed E-state index contributed by atoms with van der Waals surface area (Å²) < 4.78 is 57.0. The molecule has 0 unspecified atom stereocenters. The number of hydrogen-bond acceptors (Lipinski definition) is 3. The summed E-state index contributed by atoms with van der Waals surface area (Å²) in [6.07, 6.45) is -4.63. The molecule has 2 rings (SSSR count). The van der Waals surface area contributed by atoms with E-state index in [1.807, 2.05) is 0 Å². The van der Waals surface area contributed by atoms with Crippen LogP contribution in [0.1, 0.15) is 31.3 Å². The first kappa shape index (κ1) is 15.2. The van der Waals surface area contributed by atoms with E-state index in [0.29, 0.717) is 6.07 Å². The van der Waals surface area contributed by atoms with Crippen molar-refractivity contribution in [2.45, 2.75) is 25.9 Å². The van der Waals surface area contributed by atoms with Crippen LogP contribution in [0.3, 0.4) is 0 Å². The minimum absolute atomic E-state index is 0.0174. The molecule has 0 aliphatic rings. The lowest BCUT2D eigenvalue weighted by Gasteiger charge is -2.12. The Hall–Kier alpha value is -2.18. The standard InChI is InChI=1S/C14H12F4N2O/c1-8(2)13-19-11(14(16,17)18)7-12(20-13)21-10-6-4-3-5-9(10)15/h3-8H,1-2H3. The van der Waals surface area contributed by atoms with Gasteiger partial charge >= 0.3 is 6.18 Å². The van der Waals surface area contributed by atoms with Gasteiger partial charge in [-0.15, -0.1) is 0 Å². The Morgan fingerprint density at radius 3 is 2.33 bits per heavy atom. The van der Waals surface area contributed by atoms with Gasteiger partial charge in [-0.25, -0.2) is 9.37 Å². The van der Waals surface area contributed by atoms with E-state index in [9.17, 15) is 17.6 Å². The summed E-state index contributed by atoms with van der Waals surface area (Å²) in [6, 6.07) is 6.05. The second-order valence-electron chi connectivity index (χ2n) is 4.63. The molecule has 0 amide bonds. The van der Waals surface area contributed by atoms with Crippen LogP contribution in [0.2, 0.25) is 0 Å². The summed E-state index contributed by atoms with van der Waals surface area (Å²) in [5.74, 6) is -1.56. The number of aromatic nitrogens is 2. The van der Waals surface area contributed by atoms with Crippen molar-refractivity contribution >= 4 is 0 Å². The average Bonchev–Trinajstić information content (AvgIpc) is 2.40. The molecule has 112 valence electrons. The van der Waals surface area contributed by atoms with E-state index in [-0.39, 0.29) is 23.4 Å². The zero-order valence-electron chi connectivity index (χ0n) is 11.3. The molecule has 1 heterocycles. The first-order chi connectivity index (χ1) is 9.77. The smallest absolute Gasteiger partial charge is 0.433 e. The first-order valence-electron chi connectivity index (χ1n) is 6.16. The van der Waals surface area contributed by atoms with Gasteiger partial charge in [0.05, 0.1) is 0 Å². The molecule has 3 nitrogen and oxygen atoms in total. The molecule has 0 fully saturated rings. The van der Waals surface area contributed by atoms with Gasteiger partial charge < -0.3 is 4.74 Å². The Morgan fingerprint density at radius 2 is 1.76 bits per heavy atom. The molecule has 0 aliphatic heterocycles. The lowest BCUT2D eigenvalue weighted by atomic mass is 10.2. The number of rotatable bonds is 3. The summed E-state index contributed by atoms with van der Waals surface area (Å²) >= 11 is 0. The van der Waals surface area contributed by atoms with Crippen LogP contribution in [0.15, 0.2) is 30.3 Å². The summed E-state index contributed by atoms with van der Waals surface area (Å²) in [7, 11) is 0. The minimum atomic E-state index is -4.63. The number of hydrogen-bond donors (Lipinski definition) is 0. The largest absolute Gasteiger partial charge is 0.436 e. The second-order valence-corrected chi connectivity index (χ2v) is 4.63. The molecular formula is C14H12F4N2O. The van der Waals surface area contributed by atoms with E-state index >= 15 is 0 Å². The molecule has 2 aromatic rings. The van der Waals surface area contributed by atoms with Gasteiger partial charge in [-0.2, -0.15) is 18.2 Å². The van der Waals surface area contributed by atoms with Crippen LogP contribution >= 0.6 is 0 Å². The highest BCUT2D eigenvalue weighted by Gasteiger charge is 2.34. The van der Waals surface area contributed by atoms with Crippen molar-refractivity contribution in [1.29, 1.82) is 0 Å². The second kappa shape index (κ2) is 5.67.